The van der Waals surface area contributed by atoms with Gasteiger partial charge in [0.2, 0.25) is 0 Å². The van der Waals surface area contributed by atoms with Gasteiger partial charge in [-0.25, -0.2) is 9.37 Å². The predicted molar refractivity (Wildman–Crippen MR) is 106 cm³/mol. The minimum Gasteiger partial charge on any atom is -0.481 e. The zero-order chi connectivity index (χ0) is 19.5. The standard InChI is InChI=1S/C22H18FN3O2/c1-15-9-10-26-13-19(25-21(26)11-15)16-5-4-6-17(12-16)24-22(27)14-28-20-8-3-2-7-18(20)23/h2-13H,14H2,1H3,(H,24,27). The van der Waals surface area contributed by atoms with Gasteiger partial charge < -0.3 is 14.5 Å². The van der Waals surface area contributed by atoms with Gasteiger partial charge in [-0.05, 0) is 48.9 Å². The number of carbonyl (C=O) groups excluding carboxylic acids is 1. The van der Waals surface area contributed by atoms with Crippen LogP contribution in [0.25, 0.3) is 16.9 Å². The maximum Gasteiger partial charge on any atom is 0.262 e. The fourth-order valence-corrected chi connectivity index (χ4v) is 2.88. The molecule has 1 amide bonds. The van der Waals surface area contributed by atoms with Crippen LogP contribution in [0.1, 0.15) is 5.56 Å². The SMILES string of the molecule is Cc1ccn2cc(-c3cccc(NC(=O)COc4ccccc4F)c3)nc2c1. The van der Waals surface area contributed by atoms with Crippen LogP contribution in [0.3, 0.4) is 0 Å². The number of halogens is 1. The van der Waals surface area contributed by atoms with E-state index in [0.717, 1.165) is 22.5 Å². The number of benzene rings is 2. The summed E-state index contributed by atoms with van der Waals surface area (Å²) >= 11 is 0. The molecule has 4 rings (SSSR count). The van der Waals surface area contributed by atoms with Crippen molar-refractivity contribution in [3.63, 3.8) is 0 Å². The van der Waals surface area contributed by atoms with Crippen molar-refractivity contribution in [3.8, 4) is 17.0 Å². The summed E-state index contributed by atoms with van der Waals surface area (Å²) in [6.45, 7) is 1.74. The maximum atomic E-state index is 13.6. The van der Waals surface area contributed by atoms with Crippen molar-refractivity contribution in [1.82, 2.24) is 9.38 Å². The van der Waals surface area contributed by atoms with E-state index in [9.17, 15) is 9.18 Å². The number of pyridine rings is 1. The number of anilines is 1. The first kappa shape index (κ1) is 17.7. The summed E-state index contributed by atoms with van der Waals surface area (Å²) in [5, 5.41) is 2.76. The molecular formula is C22H18FN3O2. The van der Waals surface area contributed by atoms with Gasteiger partial charge in [-0.3, -0.25) is 4.79 Å². The summed E-state index contributed by atoms with van der Waals surface area (Å²) in [6.07, 6.45) is 3.91. The number of aryl methyl sites for hydroxylation is 1. The Morgan fingerprint density at radius 3 is 2.86 bits per heavy atom. The van der Waals surface area contributed by atoms with E-state index in [1.807, 2.05) is 54.0 Å². The molecule has 0 fully saturated rings. The lowest BCUT2D eigenvalue weighted by atomic mass is 10.1. The number of imidazole rings is 1. The molecule has 140 valence electrons. The molecule has 0 saturated heterocycles. The van der Waals surface area contributed by atoms with Crippen LogP contribution in [0.15, 0.2) is 73.1 Å². The lowest BCUT2D eigenvalue weighted by molar-refractivity contribution is -0.118. The molecule has 0 bridgehead atoms. The van der Waals surface area contributed by atoms with Crippen LogP contribution >= 0.6 is 0 Å². The van der Waals surface area contributed by atoms with Crippen molar-refractivity contribution in [2.75, 3.05) is 11.9 Å². The Morgan fingerprint density at radius 2 is 2.00 bits per heavy atom. The highest BCUT2D eigenvalue weighted by molar-refractivity contribution is 5.92. The fourth-order valence-electron chi connectivity index (χ4n) is 2.88. The van der Waals surface area contributed by atoms with E-state index in [0.29, 0.717) is 5.69 Å². The molecule has 4 aromatic rings. The molecule has 2 aromatic carbocycles. The van der Waals surface area contributed by atoms with Gasteiger partial charge >= 0.3 is 0 Å². The number of rotatable bonds is 5. The average Bonchev–Trinajstić information content (AvgIpc) is 3.11. The minimum absolute atomic E-state index is 0.0476. The quantitative estimate of drug-likeness (QED) is 0.560. The Labute approximate surface area is 161 Å². The molecule has 2 aromatic heterocycles. The fraction of sp³-hybridized carbons (Fsp3) is 0.0909. The number of hydrogen-bond donors (Lipinski definition) is 1. The van der Waals surface area contributed by atoms with Crippen molar-refractivity contribution in [1.29, 1.82) is 0 Å². The molecule has 2 heterocycles. The summed E-state index contributed by atoms with van der Waals surface area (Å²) in [6, 6.07) is 17.4. The molecule has 0 aliphatic carbocycles. The third-order valence-corrected chi connectivity index (χ3v) is 4.25. The normalized spacial score (nSPS) is 10.8. The molecule has 28 heavy (non-hydrogen) atoms. The average molecular weight is 375 g/mol. The predicted octanol–water partition coefficient (Wildman–Crippen LogP) is 4.47. The first-order chi connectivity index (χ1) is 13.6. The number of carbonyl (C=O) groups is 1. The zero-order valence-corrected chi connectivity index (χ0v) is 15.2. The lowest BCUT2D eigenvalue weighted by Gasteiger charge is -2.09. The van der Waals surface area contributed by atoms with E-state index in [1.54, 1.807) is 18.2 Å². The van der Waals surface area contributed by atoms with Crippen LogP contribution in [0.5, 0.6) is 5.75 Å². The first-order valence-corrected chi connectivity index (χ1v) is 8.81. The van der Waals surface area contributed by atoms with Crippen molar-refractivity contribution >= 4 is 17.2 Å². The Morgan fingerprint density at radius 1 is 1.14 bits per heavy atom. The summed E-state index contributed by atoms with van der Waals surface area (Å²) in [4.78, 5) is 16.8. The monoisotopic (exact) mass is 375 g/mol. The number of nitrogens with zero attached hydrogens (tertiary/aromatic N) is 2. The third kappa shape index (κ3) is 3.86. The summed E-state index contributed by atoms with van der Waals surface area (Å²) < 4.78 is 20.7. The van der Waals surface area contributed by atoms with Gasteiger partial charge in [-0.15, -0.1) is 0 Å². The molecule has 1 N–H and O–H groups in total. The zero-order valence-electron chi connectivity index (χ0n) is 15.2. The Balaban J connectivity index is 1.47. The van der Waals surface area contributed by atoms with Gasteiger partial charge in [0.15, 0.2) is 18.2 Å². The number of aromatic nitrogens is 2. The van der Waals surface area contributed by atoms with E-state index in [-0.39, 0.29) is 18.3 Å². The Hall–Kier alpha value is -3.67. The number of para-hydroxylation sites is 1. The van der Waals surface area contributed by atoms with Crippen LogP contribution in [0.4, 0.5) is 10.1 Å². The van der Waals surface area contributed by atoms with Crippen molar-refractivity contribution in [2.45, 2.75) is 6.92 Å². The van der Waals surface area contributed by atoms with Crippen LogP contribution in [-0.4, -0.2) is 21.9 Å². The summed E-state index contributed by atoms with van der Waals surface area (Å²) in [5.41, 5.74) is 4.31. The van der Waals surface area contributed by atoms with Gasteiger partial charge in [-0.2, -0.15) is 0 Å². The molecule has 5 nitrogen and oxygen atoms in total. The van der Waals surface area contributed by atoms with Crippen LogP contribution in [-0.2, 0) is 4.79 Å². The van der Waals surface area contributed by atoms with E-state index >= 15 is 0 Å². The maximum absolute atomic E-state index is 13.6. The van der Waals surface area contributed by atoms with E-state index < -0.39 is 5.82 Å². The van der Waals surface area contributed by atoms with Gasteiger partial charge in [0.05, 0.1) is 5.69 Å². The Bertz CT molecular complexity index is 1150. The van der Waals surface area contributed by atoms with Gasteiger partial charge in [0.25, 0.3) is 5.91 Å². The first-order valence-electron chi connectivity index (χ1n) is 8.81. The topological polar surface area (TPSA) is 55.6 Å². The molecule has 0 saturated carbocycles. The molecule has 0 aliphatic rings. The number of ether oxygens (including phenoxy) is 1. The smallest absolute Gasteiger partial charge is 0.262 e. The second kappa shape index (κ2) is 7.52. The summed E-state index contributed by atoms with van der Waals surface area (Å²) in [7, 11) is 0. The van der Waals surface area contributed by atoms with Crippen LogP contribution < -0.4 is 10.1 Å². The summed E-state index contributed by atoms with van der Waals surface area (Å²) in [5.74, 6) is -0.822. The third-order valence-electron chi connectivity index (χ3n) is 4.25. The van der Waals surface area contributed by atoms with E-state index in [2.05, 4.69) is 10.3 Å². The van der Waals surface area contributed by atoms with Crippen LogP contribution in [0.2, 0.25) is 0 Å². The largest absolute Gasteiger partial charge is 0.481 e. The number of hydrogen-bond acceptors (Lipinski definition) is 3. The highest BCUT2D eigenvalue weighted by Gasteiger charge is 2.09. The van der Waals surface area contributed by atoms with Crippen molar-refractivity contribution in [3.05, 3.63) is 84.4 Å². The highest BCUT2D eigenvalue weighted by atomic mass is 19.1. The highest BCUT2D eigenvalue weighted by Crippen LogP contribution is 2.23. The lowest BCUT2D eigenvalue weighted by Crippen LogP contribution is -2.20. The van der Waals surface area contributed by atoms with Gasteiger partial charge in [-0.1, -0.05) is 24.3 Å². The second-order valence-electron chi connectivity index (χ2n) is 6.44. The molecule has 6 heteroatoms. The number of fused-ring (bicyclic) bond motifs is 1. The van der Waals surface area contributed by atoms with Crippen LogP contribution in [0, 0.1) is 12.7 Å². The number of nitrogens with one attached hydrogen (secondary N) is 1. The minimum atomic E-state index is -0.501. The van der Waals surface area contributed by atoms with E-state index in [1.165, 1.54) is 12.1 Å². The van der Waals surface area contributed by atoms with E-state index in [4.69, 9.17) is 4.74 Å². The van der Waals surface area contributed by atoms with Crippen molar-refractivity contribution in [2.24, 2.45) is 0 Å². The number of amides is 1. The van der Waals surface area contributed by atoms with Gasteiger partial charge in [0, 0.05) is 23.6 Å². The molecule has 0 radical (unpaired) electrons. The molecular weight excluding hydrogens is 357 g/mol. The molecule has 0 unspecified atom stereocenters. The Kier molecular flexibility index (Phi) is 4.76. The van der Waals surface area contributed by atoms with Gasteiger partial charge in [0.1, 0.15) is 5.65 Å². The molecule has 0 spiro atoms. The van der Waals surface area contributed by atoms with Crippen molar-refractivity contribution < 1.29 is 13.9 Å². The molecule has 0 atom stereocenters. The molecule has 0 aliphatic heterocycles. The second-order valence-corrected chi connectivity index (χ2v) is 6.44.